The molecule has 0 amide bonds. The normalized spacial score (nSPS) is 11.2. The summed E-state index contributed by atoms with van der Waals surface area (Å²) in [4.78, 5) is 0. The first-order valence-corrected chi connectivity index (χ1v) is 9.84. The predicted octanol–water partition coefficient (Wildman–Crippen LogP) is 5.29. The summed E-state index contributed by atoms with van der Waals surface area (Å²) in [7, 11) is 1.61. The third kappa shape index (κ3) is 6.81. The van der Waals surface area contributed by atoms with Gasteiger partial charge in [0.1, 0.15) is 18.1 Å². The summed E-state index contributed by atoms with van der Waals surface area (Å²) in [6.07, 6.45) is -4.13. The fraction of sp³-hybridized carbons (Fsp3) is 0.250. The largest absolute Gasteiger partial charge is 0.573 e. The molecule has 0 aliphatic carbocycles. The van der Waals surface area contributed by atoms with E-state index in [9.17, 15) is 18.3 Å². The van der Waals surface area contributed by atoms with Gasteiger partial charge in [0.25, 0.3) is 0 Å². The number of alkyl halides is 3. The Hall–Kier alpha value is -3.39. The van der Waals surface area contributed by atoms with Crippen LogP contribution in [0.15, 0.2) is 66.7 Å². The second-order valence-electron chi connectivity index (χ2n) is 6.83. The number of aliphatic hydroxyl groups excluding tert-OH is 1. The first-order valence-electron chi connectivity index (χ1n) is 9.84. The quantitative estimate of drug-likeness (QED) is 0.457. The number of hydrogen-bond donors (Lipinski definition) is 1. The van der Waals surface area contributed by atoms with Crippen molar-refractivity contribution in [1.82, 2.24) is 0 Å². The molecule has 8 heteroatoms. The first kappa shape index (κ1) is 23.3. The molecule has 3 rings (SSSR count). The van der Waals surface area contributed by atoms with Gasteiger partial charge in [-0.2, -0.15) is 0 Å². The van der Waals surface area contributed by atoms with Gasteiger partial charge in [-0.25, -0.2) is 0 Å². The van der Waals surface area contributed by atoms with Crippen LogP contribution in [0.3, 0.4) is 0 Å². The highest BCUT2D eigenvalue weighted by molar-refractivity contribution is 5.43. The van der Waals surface area contributed by atoms with Crippen molar-refractivity contribution in [3.63, 3.8) is 0 Å². The molecule has 170 valence electrons. The van der Waals surface area contributed by atoms with E-state index in [4.69, 9.17) is 14.2 Å². The number of ether oxygens (including phenoxy) is 4. The molecule has 0 saturated carbocycles. The topological polar surface area (TPSA) is 57.2 Å². The summed E-state index contributed by atoms with van der Waals surface area (Å²) in [5.74, 6) is 1.39. The van der Waals surface area contributed by atoms with Crippen LogP contribution in [-0.4, -0.2) is 25.2 Å². The standard InChI is InChI=1S/C24H23F3O5/c1-29-21-5-3-2-4-19(21)12-13-30-23-14-18(15-28)8-11-22(23)31-16-17-6-9-20(10-7-17)32-24(25,26)27/h2-11,14,28H,12-13,15-16H2,1H3. The van der Waals surface area contributed by atoms with E-state index in [2.05, 4.69) is 4.74 Å². The van der Waals surface area contributed by atoms with Gasteiger partial charge in [0.05, 0.1) is 20.3 Å². The highest BCUT2D eigenvalue weighted by atomic mass is 19.4. The Morgan fingerprint density at radius 3 is 2.22 bits per heavy atom. The Morgan fingerprint density at radius 1 is 0.812 bits per heavy atom. The zero-order valence-corrected chi connectivity index (χ0v) is 17.4. The summed E-state index contributed by atoms with van der Waals surface area (Å²) in [6, 6.07) is 18.2. The Balaban J connectivity index is 1.64. The fourth-order valence-corrected chi connectivity index (χ4v) is 3.01. The molecular formula is C24H23F3O5. The van der Waals surface area contributed by atoms with Crippen molar-refractivity contribution in [3.8, 4) is 23.0 Å². The van der Waals surface area contributed by atoms with Gasteiger partial charge in [-0.15, -0.1) is 13.2 Å². The van der Waals surface area contributed by atoms with Gasteiger partial charge >= 0.3 is 6.36 Å². The molecule has 32 heavy (non-hydrogen) atoms. The number of aliphatic hydroxyl groups is 1. The lowest BCUT2D eigenvalue weighted by Crippen LogP contribution is -2.17. The lowest BCUT2D eigenvalue weighted by Gasteiger charge is -2.15. The van der Waals surface area contributed by atoms with E-state index in [1.54, 1.807) is 25.3 Å². The minimum absolute atomic E-state index is 0.119. The third-order valence-corrected chi connectivity index (χ3v) is 4.56. The molecule has 3 aromatic rings. The molecular weight excluding hydrogens is 425 g/mol. The molecule has 5 nitrogen and oxygen atoms in total. The van der Waals surface area contributed by atoms with Crippen LogP contribution in [0.4, 0.5) is 13.2 Å². The van der Waals surface area contributed by atoms with Crippen molar-refractivity contribution in [2.75, 3.05) is 13.7 Å². The highest BCUT2D eigenvalue weighted by Crippen LogP contribution is 2.30. The zero-order chi connectivity index (χ0) is 23.0. The first-order chi connectivity index (χ1) is 15.4. The van der Waals surface area contributed by atoms with Gasteiger partial charge < -0.3 is 24.1 Å². The molecule has 0 aliphatic heterocycles. The molecule has 0 unspecified atom stereocenters. The van der Waals surface area contributed by atoms with Crippen molar-refractivity contribution in [2.24, 2.45) is 0 Å². The minimum atomic E-state index is -4.73. The summed E-state index contributed by atoms with van der Waals surface area (Å²) in [5, 5.41) is 9.43. The summed E-state index contributed by atoms with van der Waals surface area (Å²) >= 11 is 0. The van der Waals surface area contributed by atoms with Crippen LogP contribution in [0.1, 0.15) is 16.7 Å². The Bertz CT molecular complexity index is 1000. The van der Waals surface area contributed by atoms with E-state index in [-0.39, 0.29) is 19.0 Å². The molecule has 0 bridgehead atoms. The molecule has 3 aromatic carbocycles. The maximum absolute atomic E-state index is 12.3. The number of methoxy groups -OCH3 is 1. The van der Waals surface area contributed by atoms with Gasteiger partial charge in [0, 0.05) is 6.42 Å². The van der Waals surface area contributed by atoms with Crippen molar-refractivity contribution >= 4 is 0 Å². The van der Waals surface area contributed by atoms with E-state index in [1.165, 1.54) is 24.3 Å². The predicted molar refractivity (Wildman–Crippen MR) is 112 cm³/mol. The van der Waals surface area contributed by atoms with Gasteiger partial charge in [-0.1, -0.05) is 36.4 Å². The molecule has 0 fully saturated rings. The summed E-state index contributed by atoms with van der Waals surface area (Å²) in [6.45, 7) is 0.326. The Morgan fingerprint density at radius 2 is 1.53 bits per heavy atom. The molecule has 0 radical (unpaired) electrons. The Labute approximate surface area is 183 Å². The van der Waals surface area contributed by atoms with Gasteiger partial charge in [-0.05, 0) is 47.0 Å². The molecule has 0 saturated heterocycles. The van der Waals surface area contributed by atoms with Crippen LogP contribution < -0.4 is 18.9 Å². The van der Waals surface area contributed by atoms with Crippen molar-refractivity contribution < 1.29 is 37.2 Å². The van der Waals surface area contributed by atoms with Crippen LogP contribution >= 0.6 is 0 Å². The van der Waals surface area contributed by atoms with Crippen molar-refractivity contribution in [1.29, 1.82) is 0 Å². The molecule has 1 N–H and O–H groups in total. The fourth-order valence-electron chi connectivity index (χ4n) is 3.01. The SMILES string of the molecule is COc1ccccc1CCOc1cc(CO)ccc1OCc1ccc(OC(F)(F)F)cc1. The van der Waals surface area contributed by atoms with E-state index in [0.717, 1.165) is 11.3 Å². The van der Waals surface area contributed by atoms with Gasteiger partial charge in [0.2, 0.25) is 0 Å². The van der Waals surface area contributed by atoms with Crippen LogP contribution in [0.5, 0.6) is 23.0 Å². The van der Waals surface area contributed by atoms with Crippen molar-refractivity contribution in [3.05, 3.63) is 83.4 Å². The number of rotatable bonds is 10. The second kappa shape index (κ2) is 10.8. The number of benzene rings is 3. The van der Waals surface area contributed by atoms with Crippen molar-refractivity contribution in [2.45, 2.75) is 26.0 Å². The average Bonchev–Trinajstić information content (AvgIpc) is 2.78. The smallest absolute Gasteiger partial charge is 0.496 e. The zero-order valence-electron chi connectivity index (χ0n) is 17.4. The van der Waals surface area contributed by atoms with Crippen LogP contribution in [-0.2, 0) is 19.6 Å². The van der Waals surface area contributed by atoms with Gasteiger partial charge in [0.15, 0.2) is 11.5 Å². The maximum Gasteiger partial charge on any atom is 0.573 e. The molecule has 0 aliphatic rings. The molecule has 0 spiro atoms. The van der Waals surface area contributed by atoms with Crippen LogP contribution in [0.2, 0.25) is 0 Å². The number of para-hydroxylation sites is 1. The van der Waals surface area contributed by atoms with E-state index in [1.807, 2.05) is 24.3 Å². The highest BCUT2D eigenvalue weighted by Gasteiger charge is 2.30. The molecule has 0 heterocycles. The molecule has 0 aromatic heterocycles. The van der Waals surface area contributed by atoms with Gasteiger partial charge in [-0.3, -0.25) is 0 Å². The summed E-state index contributed by atoms with van der Waals surface area (Å²) < 4.78 is 57.8. The monoisotopic (exact) mass is 448 g/mol. The lowest BCUT2D eigenvalue weighted by atomic mass is 10.1. The van der Waals surface area contributed by atoms with E-state index < -0.39 is 6.36 Å². The third-order valence-electron chi connectivity index (χ3n) is 4.56. The summed E-state index contributed by atoms with van der Waals surface area (Å²) in [5.41, 5.74) is 2.32. The minimum Gasteiger partial charge on any atom is -0.496 e. The Kier molecular flexibility index (Phi) is 7.83. The number of halogens is 3. The van der Waals surface area contributed by atoms with Crippen LogP contribution in [0.25, 0.3) is 0 Å². The van der Waals surface area contributed by atoms with E-state index in [0.29, 0.717) is 35.7 Å². The van der Waals surface area contributed by atoms with Crippen LogP contribution in [0, 0.1) is 0 Å². The maximum atomic E-state index is 12.3. The average molecular weight is 448 g/mol. The number of hydrogen-bond acceptors (Lipinski definition) is 5. The second-order valence-corrected chi connectivity index (χ2v) is 6.83. The molecule has 0 atom stereocenters. The lowest BCUT2D eigenvalue weighted by molar-refractivity contribution is -0.274. The van der Waals surface area contributed by atoms with E-state index >= 15 is 0 Å².